The third kappa shape index (κ3) is 5.66. The van der Waals surface area contributed by atoms with Crippen molar-refractivity contribution in [3.8, 4) is 5.75 Å². The van der Waals surface area contributed by atoms with Gasteiger partial charge >= 0.3 is 6.18 Å². The van der Waals surface area contributed by atoms with Crippen molar-refractivity contribution in [1.82, 2.24) is 10.2 Å². The first kappa shape index (κ1) is 21.8. The van der Waals surface area contributed by atoms with Crippen LogP contribution in [0.15, 0.2) is 48.5 Å². The zero-order valence-corrected chi connectivity index (χ0v) is 17.3. The summed E-state index contributed by atoms with van der Waals surface area (Å²) in [4.78, 5) is 15.2. The van der Waals surface area contributed by atoms with Crippen molar-refractivity contribution in [1.29, 1.82) is 0 Å². The molecule has 0 spiro atoms. The number of nitrogens with one attached hydrogen (secondary N) is 1. The number of ether oxygens (including phenoxy) is 1. The van der Waals surface area contributed by atoms with Gasteiger partial charge in [0.2, 0.25) is 0 Å². The number of alkyl halides is 3. The quantitative estimate of drug-likeness (QED) is 0.497. The summed E-state index contributed by atoms with van der Waals surface area (Å²) < 4.78 is 43.9. The van der Waals surface area contributed by atoms with Gasteiger partial charge in [-0.15, -0.1) is 0 Å². The molecule has 1 aliphatic carbocycles. The van der Waals surface area contributed by atoms with Crippen LogP contribution in [0.5, 0.6) is 5.75 Å². The van der Waals surface area contributed by atoms with Crippen LogP contribution in [0.25, 0.3) is 0 Å². The highest BCUT2D eigenvalue weighted by molar-refractivity contribution is 6.00. The smallest absolute Gasteiger partial charge is 0.416 e. The number of benzene rings is 2. The third-order valence-electron chi connectivity index (χ3n) is 6.03. The molecule has 2 atom stereocenters. The Bertz CT molecular complexity index is 875. The van der Waals surface area contributed by atoms with Gasteiger partial charge in [0.15, 0.2) is 5.78 Å². The number of rotatable bonds is 8. The van der Waals surface area contributed by atoms with Crippen LogP contribution >= 0.6 is 0 Å². The molecule has 1 N–H and O–H groups in total. The number of hydrogen-bond donors (Lipinski definition) is 1. The average molecular weight is 432 g/mol. The molecule has 2 aromatic carbocycles. The zero-order chi connectivity index (χ0) is 21.8. The number of Topliss-reactive ketones (excluding diaryl/α,β-unsaturated/α-hetero) is 1. The molecular formula is C24H27F3N2O2. The highest BCUT2D eigenvalue weighted by Gasteiger charge is 2.44. The second kappa shape index (κ2) is 9.40. The third-order valence-corrected chi connectivity index (χ3v) is 6.03. The largest absolute Gasteiger partial charge is 0.494 e. The first-order valence-electron chi connectivity index (χ1n) is 10.8. The lowest BCUT2D eigenvalue weighted by Gasteiger charge is -2.26. The maximum Gasteiger partial charge on any atom is 0.416 e. The summed E-state index contributed by atoms with van der Waals surface area (Å²) in [6.07, 6.45) is -2.71. The van der Waals surface area contributed by atoms with Gasteiger partial charge in [0, 0.05) is 44.2 Å². The van der Waals surface area contributed by atoms with Crippen LogP contribution in [0, 0.1) is 5.92 Å². The number of carbonyl (C=O) groups is 1. The number of piperazine rings is 1. The lowest BCUT2D eigenvalue weighted by atomic mass is 10.0. The van der Waals surface area contributed by atoms with E-state index in [1.807, 2.05) is 12.1 Å². The van der Waals surface area contributed by atoms with Crippen LogP contribution in [0.4, 0.5) is 13.2 Å². The van der Waals surface area contributed by atoms with Crippen molar-refractivity contribution in [2.45, 2.75) is 24.9 Å². The Morgan fingerprint density at radius 2 is 1.71 bits per heavy atom. The first-order valence-corrected chi connectivity index (χ1v) is 10.8. The highest BCUT2D eigenvalue weighted by Crippen LogP contribution is 2.49. The van der Waals surface area contributed by atoms with Gasteiger partial charge < -0.3 is 15.0 Å². The zero-order valence-electron chi connectivity index (χ0n) is 17.3. The van der Waals surface area contributed by atoms with E-state index in [2.05, 4.69) is 10.2 Å². The van der Waals surface area contributed by atoms with Gasteiger partial charge in [-0.3, -0.25) is 4.79 Å². The molecule has 1 saturated carbocycles. The normalized spacial score (nSPS) is 21.6. The van der Waals surface area contributed by atoms with E-state index in [-0.39, 0.29) is 17.6 Å². The Balaban J connectivity index is 1.24. The lowest BCUT2D eigenvalue weighted by molar-refractivity contribution is -0.137. The monoisotopic (exact) mass is 432 g/mol. The van der Waals surface area contributed by atoms with Crippen molar-refractivity contribution in [2.75, 3.05) is 39.3 Å². The van der Waals surface area contributed by atoms with Crippen molar-refractivity contribution in [2.24, 2.45) is 5.92 Å². The van der Waals surface area contributed by atoms with Gasteiger partial charge in [-0.25, -0.2) is 0 Å². The number of nitrogens with zero attached hydrogens (tertiary/aromatic N) is 1. The number of ketones is 1. The number of halogens is 3. The fourth-order valence-electron chi connectivity index (χ4n) is 4.11. The average Bonchev–Trinajstić information content (AvgIpc) is 3.58. The summed E-state index contributed by atoms with van der Waals surface area (Å²) in [5, 5.41) is 3.34. The van der Waals surface area contributed by atoms with Crippen LogP contribution in [0.1, 0.15) is 40.2 Å². The molecule has 4 rings (SSSR count). The standard InChI is InChI=1S/C24H27F3N2O2/c25-24(26,27)19-6-2-17(3-7-19)21-16-22(21)23(30)18-4-8-20(9-5-18)31-15-1-12-29-13-10-28-11-14-29/h2-9,21-22,28H,1,10-16H2/t21-,22+/m0/s1. The van der Waals surface area contributed by atoms with Crippen molar-refractivity contribution in [3.05, 3.63) is 65.2 Å². The minimum absolute atomic E-state index is 0.00398. The van der Waals surface area contributed by atoms with Crippen LogP contribution in [0.3, 0.4) is 0 Å². The van der Waals surface area contributed by atoms with Gasteiger partial charge in [0.25, 0.3) is 0 Å². The summed E-state index contributed by atoms with van der Waals surface area (Å²) in [5.74, 6) is 0.611. The minimum Gasteiger partial charge on any atom is -0.494 e. The van der Waals surface area contributed by atoms with Crippen LogP contribution in [-0.4, -0.2) is 50.0 Å². The maximum atomic E-state index is 12.7. The summed E-state index contributed by atoms with van der Waals surface area (Å²) in [6, 6.07) is 12.3. The molecule has 1 saturated heterocycles. The Hall–Kier alpha value is -2.38. The fourth-order valence-corrected chi connectivity index (χ4v) is 4.11. The molecular weight excluding hydrogens is 405 g/mol. The molecule has 4 nitrogen and oxygen atoms in total. The molecule has 1 heterocycles. The molecule has 0 amide bonds. The van der Waals surface area contributed by atoms with Gasteiger partial charge in [0.1, 0.15) is 5.75 Å². The molecule has 0 aromatic heterocycles. The SMILES string of the molecule is O=C(c1ccc(OCCCN2CCNCC2)cc1)[C@@H]1C[C@H]1c1ccc(C(F)(F)F)cc1. The second-order valence-electron chi connectivity index (χ2n) is 8.25. The van der Waals surface area contributed by atoms with E-state index in [1.54, 1.807) is 12.1 Å². The predicted octanol–water partition coefficient (Wildman–Crippen LogP) is 4.37. The van der Waals surface area contributed by atoms with Crippen LogP contribution < -0.4 is 10.1 Å². The van der Waals surface area contributed by atoms with E-state index in [1.165, 1.54) is 12.1 Å². The van der Waals surface area contributed by atoms with Crippen LogP contribution in [0.2, 0.25) is 0 Å². The van der Waals surface area contributed by atoms with Gasteiger partial charge in [0.05, 0.1) is 12.2 Å². The molecule has 1 aliphatic heterocycles. The first-order chi connectivity index (χ1) is 14.9. The molecule has 0 radical (unpaired) electrons. The molecule has 0 unspecified atom stereocenters. The van der Waals surface area contributed by atoms with E-state index < -0.39 is 11.7 Å². The Morgan fingerprint density at radius 3 is 2.35 bits per heavy atom. The minimum atomic E-state index is -4.34. The second-order valence-corrected chi connectivity index (χ2v) is 8.25. The number of carbonyl (C=O) groups excluding carboxylic acids is 1. The fraction of sp³-hybridized carbons (Fsp3) is 0.458. The van der Waals surface area contributed by atoms with Crippen LogP contribution in [-0.2, 0) is 6.18 Å². The topological polar surface area (TPSA) is 41.6 Å². The lowest BCUT2D eigenvalue weighted by Crippen LogP contribution is -2.43. The van der Waals surface area contributed by atoms with E-state index in [9.17, 15) is 18.0 Å². The highest BCUT2D eigenvalue weighted by atomic mass is 19.4. The van der Waals surface area contributed by atoms with Crippen molar-refractivity contribution >= 4 is 5.78 Å². The molecule has 2 aliphatic rings. The van der Waals surface area contributed by atoms with E-state index in [0.29, 0.717) is 18.6 Å². The molecule has 7 heteroatoms. The maximum absolute atomic E-state index is 12.7. The summed E-state index contributed by atoms with van der Waals surface area (Å²) in [5.41, 5.74) is 0.742. The molecule has 31 heavy (non-hydrogen) atoms. The molecule has 166 valence electrons. The van der Waals surface area contributed by atoms with Gasteiger partial charge in [-0.1, -0.05) is 12.1 Å². The van der Waals surface area contributed by atoms with Crippen molar-refractivity contribution in [3.63, 3.8) is 0 Å². The Morgan fingerprint density at radius 1 is 1.03 bits per heavy atom. The number of hydrogen-bond acceptors (Lipinski definition) is 4. The Kier molecular flexibility index (Phi) is 6.62. The van der Waals surface area contributed by atoms with Gasteiger partial charge in [-0.2, -0.15) is 13.2 Å². The predicted molar refractivity (Wildman–Crippen MR) is 112 cm³/mol. The van der Waals surface area contributed by atoms with E-state index in [0.717, 1.165) is 62.6 Å². The summed E-state index contributed by atoms with van der Waals surface area (Å²) in [6.45, 7) is 5.88. The van der Waals surface area contributed by atoms with Crippen molar-refractivity contribution < 1.29 is 22.7 Å². The van der Waals surface area contributed by atoms with Gasteiger partial charge in [-0.05, 0) is 60.7 Å². The molecule has 0 bridgehead atoms. The van der Waals surface area contributed by atoms with E-state index >= 15 is 0 Å². The Labute approximate surface area is 180 Å². The van der Waals surface area contributed by atoms with E-state index in [4.69, 9.17) is 4.74 Å². The summed E-state index contributed by atoms with van der Waals surface area (Å²) >= 11 is 0. The molecule has 2 fully saturated rings. The summed E-state index contributed by atoms with van der Waals surface area (Å²) in [7, 11) is 0. The molecule has 2 aromatic rings.